The number of imidazole rings is 1. The molecule has 6 heterocycles. The van der Waals surface area contributed by atoms with Crippen molar-refractivity contribution in [3.8, 4) is 29.1 Å². The third kappa shape index (κ3) is 12.7. The zero-order chi connectivity index (χ0) is 47.2. The van der Waals surface area contributed by atoms with Gasteiger partial charge in [0.05, 0.1) is 29.8 Å². The van der Waals surface area contributed by atoms with E-state index in [0.29, 0.717) is 72.6 Å². The second kappa shape index (κ2) is 20.2. The number of nitrogens with two attached hydrogens (primary N) is 2. The molecule has 0 spiro atoms. The number of amides is 1. The van der Waals surface area contributed by atoms with E-state index >= 15 is 0 Å². The number of hydrogen-bond donors (Lipinski definition) is 5. The Hall–Kier alpha value is -5.76. The number of halogens is 1. The first-order valence-corrected chi connectivity index (χ1v) is 22.8. The Bertz CT molecular complexity index is 2590. The molecule has 0 radical (unpaired) electrons. The normalized spacial score (nSPS) is 14.7. The maximum Gasteiger partial charge on any atom is 0.240 e. The van der Waals surface area contributed by atoms with Crippen LogP contribution in [0.2, 0.25) is 5.02 Å². The highest BCUT2D eigenvalue weighted by Gasteiger charge is 2.39. The molecule has 1 aromatic carbocycles. The Morgan fingerprint density at radius 1 is 1.03 bits per heavy atom. The topological polar surface area (TPSA) is 217 Å². The van der Waals surface area contributed by atoms with E-state index in [2.05, 4.69) is 120 Å². The summed E-state index contributed by atoms with van der Waals surface area (Å²) in [6.07, 6.45) is 8.94. The number of aryl methyl sites for hydroxylation is 1. The van der Waals surface area contributed by atoms with Crippen molar-refractivity contribution in [1.82, 2.24) is 50.4 Å². The van der Waals surface area contributed by atoms with Gasteiger partial charge in [-0.1, -0.05) is 50.4 Å². The van der Waals surface area contributed by atoms with Crippen LogP contribution < -0.4 is 31.7 Å². The van der Waals surface area contributed by atoms with Crippen LogP contribution in [0.5, 0.6) is 5.75 Å². The van der Waals surface area contributed by atoms with Gasteiger partial charge in [-0.2, -0.15) is 0 Å². The molecule has 7 rings (SSSR count). The summed E-state index contributed by atoms with van der Waals surface area (Å²) in [5.74, 6) is 8.58. The van der Waals surface area contributed by atoms with E-state index in [1.807, 2.05) is 48.0 Å². The Morgan fingerprint density at radius 2 is 1.75 bits per heavy atom. The van der Waals surface area contributed by atoms with Crippen LogP contribution in [0.25, 0.3) is 33.6 Å². The third-order valence-corrected chi connectivity index (χ3v) is 11.3. The highest BCUT2D eigenvalue weighted by Crippen LogP contribution is 2.34. The second-order valence-corrected chi connectivity index (χ2v) is 20.4. The average Bonchev–Trinajstić information content (AvgIpc) is 4.00. The molecule has 17 heteroatoms. The summed E-state index contributed by atoms with van der Waals surface area (Å²) < 4.78 is 12.9. The number of H-pyrrole nitrogens is 1. The number of aromatic amines is 1. The molecule has 16 nitrogen and oxygen atoms in total. The van der Waals surface area contributed by atoms with Gasteiger partial charge >= 0.3 is 0 Å². The summed E-state index contributed by atoms with van der Waals surface area (Å²) >= 11 is 6.09. The van der Waals surface area contributed by atoms with Crippen LogP contribution in [0.1, 0.15) is 119 Å². The first-order valence-electron chi connectivity index (χ1n) is 22.4. The summed E-state index contributed by atoms with van der Waals surface area (Å²) in [5, 5.41) is 16.0. The lowest BCUT2D eigenvalue weighted by atomic mass is 9.85. The first-order chi connectivity index (χ1) is 30.6. The molecule has 0 unspecified atom stereocenters. The van der Waals surface area contributed by atoms with Gasteiger partial charge in [-0.05, 0) is 133 Å². The lowest BCUT2D eigenvalue weighted by Crippen LogP contribution is -2.60. The summed E-state index contributed by atoms with van der Waals surface area (Å²) in [4.78, 5) is 36.8. The third-order valence-electron chi connectivity index (χ3n) is 11.1. The number of benzene rings is 1. The number of anilines is 2. The maximum absolute atomic E-state index is 13.4. The maximum atomic E-state index is 13.4. The molecule has 1 aliphatic rings. The standard InChI is InChI=1S/C25H33ClN6O.C23H33N7O2/c1-24(2,3)10-8-20(17-4-6-18(26)7-5-17)31-23(33)25(27)11-14-32(15-12-25)22-19-9-13-28-21(19)29-16-30-22;1-8-30-19-16(31-13-9-12-26-23(5,6)7)14-25-15(10-11-22(2,3)4)17(19)27-21(30)18-20(24)29-32-28-18/h4-7,9,13,16,20H,8,10-12,14-15,27H2,1-3H3,(H,31,33)(H,28,29,30);14,26H,8-9,12-13H2,1-7H3,(H2,24,29)/t20-;/m0./s1. The number of ether oxygens (including phenoxy) is 1. The minimum atomic E-state index is -0.910. The monoisotopic (exact) mass is 908 g/mol. The molecule has 0 bridgehead atoms. The van der Waals surface area contributed by atoms with Crippen molar-refractivity contribution in [3.63, 3.8) is 0 Å². The smallest absolute Gasteiger partial charge is 0.240 e. The van der Waals surface area contributed by atoms with Gasteiger partial charge < -0.3 is 41.3 Å². The van der Waals surface area contributed by atoms with Crippen molar-refractivity contribution in [2.75, 3.05) is 36.9 Å². The highest BCUT2D eigenvalue weighted by molar-refractivity contribution is 6.30. The molecule has 7 N–H and O–H groups in total. The molecule has 1 fully saturated rings. The predicted octanol–water partition coefficient (Wildman–Crippen LogP) is 8.23. The molecular weight excluding hydrogens is 842 g/mol. The number of nitrogen functional groups attached to an aromatic ring is 1. The van der Waals surface area contributed by atoms with Gasteiger partial charge in [0.1, 0.15) is 34.5 Å². The SMILES string of the molecule is CC(C)(C)CC[C@H](NC(=O)C1(N)CCN(c2ncnc3[nH]ccc23)CC1)c1ccc(Cl)cc1.CCn1c(-c2nonc2N)nc2c(C#CC(C)(C)C)ncc(OCCCNC(C)(C)C)c21. The number of nitrogens with one attached hydrogen (secondary N) is 3. The largest absolute Gasteiger partial charge is 0.490 e. The van der Waals surface area contributed by atoms with Gasteiger partial charge in [0.25, 0.3) is 0 Å². The minimum Gasteiger partial charge on any atom is -0.490 e. The van der Waals surface area contributed by atoms with Crippen LogP contribution in [0, 0.1) is 22.7 Å². The van der Waals surface area contributed by atoms with Crippen molar-refractivity contribution < 1.29 is 14.2 Å². The number of piperidine rings is 1. The molecule has 0 saturated carbocycles. The predicted molar refractivity (Wildman–Crippen MR) is 258 cm³/mol. The fraction of sp³-hybridized carbons (Fsp3) is 0.521. The molecule has 1 saturated heterocycles. The Labute approximate surface area is 387 Å². The van der Waals surface area contributed by atoms with Gasteiger partial charge in [0.15, 0.2) is 23.1 Å². The average molecular weight is 909 g/mol. The fourth-order valence-electron chi connectivity index (χ4n) is 7.47. The Morgan fingerprint density at radius 3 is 2.38 bits per heavy atom. The van der Waals surface area contributed by atoms with Crippen molar-refractivity contribution in [2.45, 2.75) is 125 Å². The van der Waals surface area contributed by atoms with Gasteiger partial charge in [-0.3, -0.25) is 4.79 Å². The highest BCUT2D eigenvalue weighted by atomic mass is 35.5. The summed E-state index contributed by atoms with van der Waals surface area (Å²) in [5.41, 5.74) is 16.1. The van der Waals surface area contributed by atoms with E-state index in [9.17, 15) is 4.79 Å². The van der Waals surface area contributed by atoms with Crippen LogP contribution >= 0.6 is 11.6 Å². The molecule has 6 aromatic rings. The number of carbonyl (C=O) groups is 1. The van der Waals surface area contributed by atoms with E-state index in [0.717, 1.165) is 53.7 Å². The van der Waals surface area contributed by atoms with Gasteiger partial charge in [-0.15, -0.1) is 0 Å². The minimum absolute atomic E-state index is 0.0729. The molecule has 0 aliphatic carbocycles. The molecule has 5 aromatic heterocycles. The molecule has 348 valence electrons. The fourth-order valence-corrected chi connectivity index (χ4v) is 7.59. The van der Waals surface area contributed by atoms with E-state index in [1.165, 1.54) is 0 Å². The molecule has 1 amide bonds. The number of fused-ring (bicyclic) bond motifs is 2. The number of nitrogens with zero attached hydrogens (tertiary/aromatic N) is 8. The van der Waals surface area contributed by atoms with E-state index in [1.54, 1.807) is 12.5 Å². The van der Waals surface area contributed by atoms with Crippen LogP contribution in [-0.2, 0) is 11.3 Å². The second-order valence-electron chi connectivity index (χ2n) is 20.0. The lowest BCUT2D eigenvalue weighted by molar-refractivity contribution is -0.128. The molecule has 65 heavy (non-hydrogen) atoms. The number of hydrogen-bond acceptors (Lipinski definition) is 13. The van der Waals surface area contributed by atoms with E-state index < -0.39 is 5.54 Å². The molecule has 1 atom stereocenters. The first kappa shape index (κ1) is 48.7. The van der Waals surface area contributed by atoms with Gasteiger partial charge in [0, 0.05) is 41.8 Å². The van der Waals surface area contributed by atoms with E-state index in [4.69, 9.17) is 37.4 Å². The zero-order valence-corrected chi connectivity index (χ0v) is 40.4. The van der Waals surface area contributed by atoms with Crippen LogP contribution in [0.3, 0.4) is 0 Å². The molecule has 1 aliphatic heterocycles. The van der Waals surface area contributed by atoms with Gasteiger partial charge in [0.2, 0.25) is 5.91 Å². The summed E-state index contributed by atoms with van der Waals surface area (Å²) in [6, 6.07) is 9.58. The van der Waals surface area contributed by atoms with Crippen LogP contribution in [0.4, 0.5) is 11.6 Å². The van der Waals surface area contributed by atoms with Crippen LogP contribution in [-0.4, -0.2) is 83.0 Å². The van der Waals surface area contributed by atoms with Gasteiger partial charge in [-0.25, -0.2) is 24.6 Å². The van der Waals surface area contributed by atoms with Crippen molar-refractivity contribution >= 4 is 51.2 Å². The zero-order valence-electron chi connectivity index (χ0n) is 39.6. The Kier molecular flexibility index (Phi) is 15.1. The number of carbonyl (C=O) groups excluding carboxylic acids is 1. The summed E-state index contributed by atoms with van der Waals surface area (Å²) in [7, 11) is 0. The Balaban J connectivity index is 0.000000216. The van der Waals surface area contributed by atoms with Crippen molar-refractivity contribution in [1.29, 1.82) is 0 Å². The van der Waals surface area contributed by atoms with Crippen molar-refractivity contribution in [3.05, 3.63) is 65.3 Å². The van der Waals surface area contributed by atoms with Crippen LogP contribution in [0.15, 0.2) is 53.7 Å². The number of aromatic nitrogens is 8. The quantitative estimate of drug-likeness (QED) is 0.0546. The lowest BCUT2D eigenvalue weighted by Gasteiger charge is -2.39. The van der Waals surface area contributed by atoms with E-state index in [-0.39, 0.29) is 34.1 Å². The number of rotatable bonds is 13. The molecular formula is C48H66ClN13O3. The number of pyridine rings is 1. The van der Waals surface area contributed by atoms with Crippen molar-refractivity contribution in [2.24, 2.45) is 16.6 Å². The summed E-state index contributed by atoms with van der Waals surface area (Å²) in [6.45, 7) is 24.6.